The number of piperazine rings is 1. The van der Waals surface area contributed by atoms with Crippen LogP contribution in [0, 0.1) is 25.7 Å². The van der Waals surface area contributed by atoms with E-state index in [2.05, 4.69) is 20.2 Å². The molecule has 1 aliphatic heterocycles. The smallest absolute Gasteiger partial charge is 0.354 e. The number of amides is 1. The lowest BCUT2D eigenvalue weighted by Crippen LogP contribution is -2.47. The topological polar surface area (TPSA) is 61.4 Å². The molecule has 4 rings (SSSR count). The van der Waals surface area contributed by atoms with E-state index in [-0.39, 0.29) is 11.7 Å². The Balaban J connectivity index is 1.28. The van der Waals surface area contributed by atoms with Crippen LogP contribution >= 0.6 is 0 Å². The molecule has 2 heterocycles. The number of hydrogen-bond acceptors (Lipinski definition) is 5. The minimum Gasteiger partial charge on any atom is -0.354 e. The van der Waals surface area contributed by atoms with Gasteiger partial charge in [-0.05, 0) is 43.2 Å². The summed E-state index contributed by atoms with van der Waals surface area (Å²) in [6, 6.07) is 6.94. The van der Waals surface area contributed by atoms with Crippen molar-refractivity contribution in [2.75, 3.05) is 44.2 Å². The van der Waals surface area contributed by atoms with Crippen LogP contribution in [0.1, 0.15) is 60.2 Å². The zero-order valence-electron chi connectivity index (χ0n) is 21.7. The molecule has 2 aliphatic rings. The fraction of sp³-hybridized carbons (Fsp3) is 0.593. The molecular weight excluding hydrogens is 467 g/mol. The van der Waals surface area contributed by atoms with Gasteiger partial charge in [-0.2, -0.15) is 13.2 Å². The molecule has 6 nitrogen and oxygen atoms in total. The third-order valence-electron chi connectivity index (χ3n) is 7.16. The minimum absolute atomic E-state index is 0.0115. The Morgan fingerprint density at radius 2 is 1.67 bits per heavy atom. The summed E-state index contributed by atoms with van der Waals surface area (Å²) in [5, 5.41) is 3.10. The van der Waals surface area contributed by atoms with Crippen LogP contribution in [-0.4, -0.2) is 60.0 Å². The van der Waals surface area contributed by atoms with E-state index in [0.29, 0.717) is 37.3 Å². The van der Waals surface area contributed by atoms with Crippen molar-refractivity contribution in [1.29, 1.82) is 0 Å². The molecule has 9 heteroatoms. The third-order valence-corrected chi connectivity index (χ3v) is 7.16. The van der Waals surface area contributed by atoms with Crippen molar-refractivity contribution in [3.8, 4) is 0 Å². The van der Waals surface area contributed by atoms with Crippen LogP contribution in [-0.2, 0) is 11.6 Å². The number of hydrogen-bond donors (Lipinski definition) is 1. The molecule has 0 radical (unpaired) electrons. The summed E-state index contributed by atoms with van der Waals surface area (Å²) in [6.07, 6.45) is -3.42. The number of carbonyl (C=O) groups is 1. The maximum Gasteiger partial charge on any atom is 0.433 e. The number of nitrogens with one attached hydrogen (secondary N) is 1. The van der Waals surface area contributed by atoms with Gasteiger partial charge in [-0.1, -0.05) is 39.0 Å². The first-order valence-electron chi connectivity index (χ1n) is 12.6. The highest BCUT2D eigenvalue weighted by molar-refractivity contribution is 5.97. The second-order valence-electron chi connectivity index (χ2n) is 11.2. The quantitative estimate of drug-likeness (QED) is 0.625. The van der Waals surface area contributed by atoms with Gasteiger partial charge in [-0.3, -0.25) is 9.69 Å². The number of aryl methyl sites for hydroxylation is 2. The van der Waals surface area contributed by atoms with E-state index < -0.39 is 17.3 Å². The molecule has 0 spiro atoms. The van der Waals surface area contributed by atoms with Crippen molar-refractivity contribution in [3.63, 3.8) is 0 Å². The largest absolute Gasteiger partial charge is 0.433 e. The zero-order valence-corrected chi connectivity index (χ0v) is 21.7. The number of anilines is 1. The molecule has 36 heavy (non-hydrogen) atoms. The van der Waals surface area contributed by atoms with E-state index in [0.717, 1.165) is 48.8 Å². The van der Waals surface area contributed by atoms with Gasteiger partial charge in [0.25, 0.3) is 5.91 Å². The number of halogens is 3. The molecule has 2 aromatic rings. The van der Waals surface area contributed by atoms with Crippen LogP contribution in [0.15, 0.2) is 24.3 Å². The monoisotopic (exact) mass is 503 g/mol. The fourth-order valence-corrected chi connectivity index (χ4v) is 4.84. The second kappa shape index (κ2) is 10.00. The molecule has 1 aromatic heterocycles. The van der Waals surface area contributed by atoms with Crippen LogP contribution in [0.3, 0.4) is 0 Å². The van der Waals surface area contributed by atoms with E-state index in [4.69, 9.17) is 0 Å². The normalized spacial score (nSPS) is 20.9. The summed E-state index contributed by atoms with van der Waals surface area (Å²) in [4.78, 5) is 25.2. The summed E-state index contributed by atoms with van der Waals surface area (Å²) in [6.45, 7) is 13.8. The van der Waals surface area contributed by atoms with Crippen LogP contribution in [0.5, 0.6) is 0 Å². The number of nitrogens with zero attached hydrogens (tertiary/aromatic N) is 4. The van der Waals surface area contributed by atoms with Crippen LogP contribution < -0.4 is 10.2 Å². The highest BCUT2D eigenvalue weighted by Gasteiger charge is 2.39. The Labute approximate surface area is 211 Å². The summed E-state index contributed by atoms with van der Waals surface area (Å²) in [7, 11) is 0. The van der Waals surface area contributed by atoms with Crippen molar-refractivity contribution < 1.29 is 18.0 Å². The molecule has 1 saturated heterocycles. The van der Waals surface area contributed by atoms with E-state index in [1.54, 1.807) is 0 Å². The molecule has 1 N–H and O–H groups in total. The maximum absolute atomic E-state index is 13.5. The molecule has 2 fully saturated rings. The lowest BCUT2D eigenvalue weighted by Gasteiger charge is -2.36. The van der Waals surface area contributed by atoms with Gasteiger partial charge >= 0.3 is 6.18 Å². The highest BCUT2D eigenvalue weighted by Crippen LogP contribution is 2.39. The fourth-order valence-electron chi connectivity index (χ4n) is 4.84. The van der Waals surface area contributed by atoms with Crippen molar-refractivity contribution in [1.82, 2.24) is 20.2 Å². The van der Waals surface area contributed by atoms with Gasteiger partial charge < -0.3 is 10.2 Å². The number of alkyl halides is 3. The molecule has 1 saturated carbocycles. The standard InChI is InChI=1S/C27H36F3N5O/c1-17-7-6-8-18(2)23(17)24(36)31-15-19-13-20(19)16-34-9-11-35(12-10-34)22-14-21(27(28,29)30)32-25(33-22)26(3,4)5/h6-8,14,19-20H,9-13,15-16H2,1-5H3,(H,31,36). The predicted octanol–water partition coefficient (Wildman–Crippen LogP) is 4.60. The lowest BCUT2D eigenvalue weighted by atomic mass is 9.95. The van der Waals surface area contributed by atoms with Crippen LogP contribution in [0.2, 0.25) is 0 Å². The molecule has 1 aliphatic carbocycles. The molecular formula is C27H36F3N5O. The van der Waals surface area contributed by atoms with Gasteiger partial charge in [0.15, 0.2) is 0 Å². The molecule has 2 atom stereocenters. The first-order chi connectivity index (χ1) is 16.8. The first-order valence-corrected chi connectivity index (χ1v) is 12.6. The maximum atomic E-state index is 13.5. The predicted molar refractivity (Wildman–Crippen MR) is 134 cm³/mol. The Kier molecular flexibility index (Phi) is 7.33. The Morgan fingerprint density at radius 1 is 1.03 bits per heavy atom. The number of rotatable bonds is 6. The lowest BCUT2D eigenvalue weighted by molar-refractivity contribution is -0.141. The van der Waals surface area contributed by atoms with Gasteiger partial charge in [0.2, 0.25) is 0 Å². The van der Waals surface area contributed by atoms with Gasteiger partial charge in [0.05, 0.1) is 0 Å². The van der Waals surface area contributed by atoms with E-state index in [9.17, 15) is 18.0 Å². The van der Waals surface area contributed by atoms with Gasteiger partial charge in [-0.25, -0.2) is 9.97 Å². The van der Waals surface area contributed by atoms with Crippen molar-refractivity contribution >= 4 is 11.7 Å². The number of carbonyl (C=O) groups excluding carboxylic acids is 1. The summed E-state index contributed by atoms with van der Waals surface area (Å²) in [5.41, 5.74) is 1.27. The Bertz CT molecular complexity index is 1050. The number of benzene rings is 1. The van der Waals surface area contributed by atoms with Gasteiger partial charge in [0.1, 0.15) is 17.3 Å². The third kappa shape index (κ3) is 6.17. The summed E-state index contributed by atoms with van der Waals surface area (Å²) in [5.74, 6) is 1.56. The Morgan fingerprint density at radius 3 is 2.25 bits per heavy atom. The summed E-state index contributed by atoms with van der Waals surface area (Å²) < 4.78 is 40.4. The van der Waals surface area contributed by atoms with E-state index in [1.807, 2.05) is 57.7 Å². The van der Waals surface area contributed by atoms with Crippen LogP contribution in [0.25, 0.3) is 0 Å². The molecule has 1 amide bonds. The Hall–Kier alpha value is -2.68. The van der Waals surface area contributed by atoms with E-state index >= 15 is 0 Å². The molecule has 1 aromatic carbocycles. The molecule has 2 unspecified atom stereocenters. The van der Waals surface area contributed by atoms with Gasteiger partial charge in [-0.15, -0.1) is 0 Å². The van der Waals surface area contributed by atoms with E-state index in [1.165, 1.54) is 0 Å². The highest BCUT2D eigenvalue weighted by atomic mass is 19.4. The summed E-state index contributed by atoms with van der Waals surface area (Å²) >= 11 is 0. The number of aromatic nitrogens is 2. The van der Waals surface area contributed by atoms with Crippen molar-refractivity contribution in [2.45, 2.75) is 52.6 Å². The van der Waals surface area contributed by atoms with Gasteiger partial charge in [0, 0.05) is 56.3 Å². The van der Waals surface area contributed by atoms with Crippen molar-refractivity contribution in [3.05, 3.63) is 52.5 Å². The minimum atomic E-state index is -4.51. The average Bonchev–Trinajstić information content (AvgIpc) is 3.54. The second-order valence-corrected chi connectivity index (χ2v) is 11.2. The van der Waals surface area contributed by atoms with Crippen LogP contribution in [0.4, 0.5) is 19.0 Å². The van der Waals surface area contributed by atoms with Crippen molar-refractivity contribution in [2.24, 2.45) is 11.8 Å². The average molecular weight is 504 g/mol. The molecule has 196 valence electrons. The SMILES string of the molecule is Cc1cccc(C)c1C(=O)NCC1CC1CN1CCN(c2cc(C(F)(F)F)nc(C(C)(C)C)n2)CC1. The first kappa shape index (κ1) is 26.4. The zero-order chi connectivity index (χ0) is 26.3. The molecule has 0 bridgehead atoms.